The third-order valence-electron chi connectivity index (χ3n) is 3.81. The number of hydrogen-bond donors (Lipinski definition) is 0. The molecule has 0 radical (unpaired) electrons. The fourth-order valence-electron chi connectivity index (χ4n) is 2.37. The number of nitrogens with zero attached hydrogens (tertiary/aromatic N) is 1. The molecule has 24 heavy (non-hydrogen) atoms. The number of morpholine rings is 1. The summed E-state index contributed by atoms with van der Waals surface area (Å²) in [6.45, 7) is 7.60. The van der Waals surface area contributed by atoms with Gasteiger partial charge in [-0.2, -0.15) is 0 Å². The zero-order chi connectivity index (χ0) is 17.5. The molecule has 0 amide bonds. The Balaban J connectivity index is 1.94. The normalized spacial score (nSPS) is 15.5. The maximum atomic E-state index is 11.5. The fourth-order valence-corrected chi connectivity index (χ4v) is 2.37. The van der Waals surface area contributed by atoms with E-state index >= 15 is 0 Å². The zero-order valence-electron chi connectivity index (χ0n) is 14.8. The van der Waals surface area contributed by atoms with Gasteiger partial charge in [0.1, 0.15) is 0 Å². The lowest BCUT2D eigenvalue weighted by molar-refractivity contribution is -0.140. The molecule has 6 heteroatoms. The SMILES string of the molecule is CCCCCOC(=O)/C=C/C(=O)OCCCCCN1CCOCC1. The summed E-state index contributed by atoms with van der Waals surface area (Å²) in [6, 6.07) is 0. The maximum Gasteiger partial charge on any atom is 0.331 e. The number of carbonyl (C=O) groups is 2. The topological polar surface area (TPSA) is 65.1 Å². The first-order valence-electron chi connectivity index (χ1n) is 9.04. The molecule has 0 unspecified atom stereocenters. The smallest absolute Gasteiger partial charge is 0.331 e. The molecule has 0 aromatic heterocycles. The van der Waals surface area contributed by atoms with Crippen LogP contribution >= 0.6 is 0 Å². The maximum absolute atomic E-state index is 11.5. The largest absolute Gasteiger partial charge is 0.463 e. The van der Waals surface area contributed by atoms with Crippen LogP contribution in [0.15, 0.2) is 12.2 Å². The van der Waals surface area contributed by atoms with Gasteiger partial charge in [-0.3, -0.25) is 4.90 Å². The van der Waals surface area contributed by atoms with Gasteiger partial charge in [0.15, 0.2) is 0 Å². The van der Waals surface area contributed by atoms with E-state index < -0.39 is 11.9 Å². The molecule has 0 saturated carbocycles. The van der Waals surface area contributed by atoms with E-state index in [-0.39, 0.29) is 0 Å². The summed E-state index contributed by atoms with van der Waals surface area (Å²) in [5, 5.41) is 0. The molecule has 1 aliphatic heterocycles. The number of esters is 2. The van der Waals surface area contributed by atoms with Crippen molar-refractivity contribution < 1.29 is 23.8 Å². The summed E-state index contributed by atoms with van der Waals surface area (Å²) in [4.78, 5) is 25.2. The van der Waals surface area contributed by atoms with Crippen molar-refractivity contribution >= 4 is 11.9 Å². The highest BCUT2D eigenvalue weighted by Crippen LogP contribution is 2.02. The minimum absolute atomic E-state index is 0.387. The van der Waals surface area contributed by atoms with Crippen LogP contribution < -0.4 is 0 Å². The molecular weight excluding hydrogens is 310 g/mol. The van der Waals surface area contributed by atoms with E-state index in [1.807, 2.05) is 0 Å². The summed E-state index contributed by atoms with van der Waals surface area (Å²) in [5.41, 5.74) is 0. The minimum atomic E-state index is -0.492. The molecule has 0 aliphatic carbocycles. The minimum Gasteiger partial charge on any atom is -0.463 e. The lowest BCUT2D eigenvalue weighted by Crippen LogP contribution is -2.36. The molecule has 1 heterocycles. The lowest BCUT2D eigenvalue weighted by Gasteiger charge is -2.26. The van der Waals surface area contributed by atoms with Crippen LogP contribution in [0.4, 0.5) is 0 Å². The van der Waals surface area contributed by atoms with Crippen molar-refractivity contribution in [2.24, 2.45) is 0 Å². The highest BCUT2D eigenvalue weighted by Gasteiger charge is 2.09. The highest BCUT2D eigenvalue weighted by molar-refractivity contribution is 5.91. The van der Waals surface area contributed by atoms with E-state index in [0.29, 0.717) is 13.2 Å². The number of hydrogen-bond acceptors (Lipinski definition) is 6. The molecular formula is C18H31NO5. The summed E-state index contributed by atoms with van der Waals surface area (Å²) < 4.78 is 15.3. The molecule has 1 fully saturated rings. The first kappa shape index (κ1) is 20.6. The molecule has 1 aliphatic rings. The van der Waals surface area contributed by atoms with Gasteiger partial charge in [0.05, 0.1) is 26.4 Å². The van der Waals surface area contributed by atoms with Crippen LogP contribution in [-0.4, -0.2) is 62.9 Å². The second-order valence-corrected chi connectivity index (χ2v) is 5.89. The van der Waals surface area contributed by atoms with Crippen molar-refractivity contribution in [2.75, 3.05) is 46.1 Å². The van der Waals surface area contributed by atoms with E-state index in [1.54, 1.807) is 0 Å². The Morgan fingerprint density at radius 1 is 0.917 bits per heavy atom. The van der Waals surface area contributed by atoms with Crippen molar-refractivity contribution in [1.82, 2.24) is 4.90 Å². The summed E-state index contributed by atoms with van der Waals surface area (Å²) in [6.07, 6.45) is 8.18. The van der Waals surface area contributed by atoms with Gasteiger partial charge in [0.2, 0.25) is 0 Å². The molecule has 0 bridgehead atoms. The Hall–Kier alpha value is -1.40. The second-order valence-electron chi connectivity index (χ2n) is 5.89. The molecule has 0 N–H and O–H groups in total. The molecule has 0 aromatic carbocycles. The Bertz CT molecular complexity index is 378. The first-order valence-corrected chi connectivity index (χ1v) is 9.04. The van der Waals surface area contributed by atoms with Crippen molar-refractivity contribution in [2.45, 2.75) is 45.4 Å². The predicted octanol–water partition coefficient (Wildman–Crippen LogP) is 2.32. The van der Waals surface area contributed by atoms with E-state index in [4.69, 9.17) is 14.2 Å². The molecule has 138 valence electrons. The third-order valence-corrected chi connectivity index (χ3v) is 3.81. The molecule has 1 rings (SSSR count). The van der Waals surface area contributed by atoms with Gasteiger partial charge in [-0.25, -0.2) is 9.59 Å². The standard InChI is InChI=1S/C18H31NO5/c1-2-3-6-13-23-17(20)8-9-18(21)24-14-7-4-5-10-19-11-15-22-16-12-19/h8-9H,2-7,10-16H2,1H3/b9-8+. The van der Waals surface area contributed by atoms with Crippen LogP contribution in [0.3, 0.4) is 0 Å². The zero-order valence-corrected chi connectivity index (χ0v) is 14.8. The van der Waals surface area contributed by atoms with Gasteiger partial charge >= 0.3 is 11.9 Å². The van der Waals surface area contributed by atoms with Gasteiger partial charge in [0, 0.05) is 25.2 Å². The van der Waals surface area contributed by atoms with Crippen molar-refractivity contribution in [3.05, 3.63) is 12.2 Å². The van der Waals surface area contributed by atoms with E-state index in [9.17, 15) is 9.59 Å². The highest BCUT2D eigenvalue weighted by atomic mass is 16.5. The van der Waals surface area contributed by atoms with Crippen molar-refractivity contribution in [1.29, 1.82) is 0 Å². The van der Waals surface area contributed by atoms with E-state index in [0.717, 1.165) is 83.5 Å². The first-order chi connectivity index (χ1) is 11.7. The number of ether oxygens (including phenoxy) is 3. The predicted molar refractivity (Wildman–Crippen MR) is 91.7 cm³/mol. The van der Waals surface area contributed by atoms with Crippen LogP contribution in [0, 0.1) is 0 Å². The number of carbonyl (C=O) groups excluding carboxylic acids is 2. The van der Waals surface area contributed by atoms with Crippen LogP contribution in [0.1, 0.15) is 45.4 Å². The fraction of sp³-hybridized carbons (Fsp3) is 0.778. The summed E-state index contributed by atoms with van der Waals surface area (Å²) in [5.74, 6) is -0.984. The lowest BCUT2D eigenvalue weighted by atomic mass is 10.2. The van der Waals surface area contributed by atoms with Crippen molar-refractivity contribution in [3.63, 3.8) is 0 Å². The number of rotatable bonds is 12. The Morgan fingerprint density at radius 3 is 2.08 bits per heavy atom. The molecule has 1 saturated heterocycles. The Kier molecular flexibility index (Phi) is 12.0. The summed E-state index contributed by atoms with van der Waals surface area (Å²) >= 11 is 0. The Labute approximate surface area is 145 Å². The molecule has 0 spiro atoms. The van der Waals surface area contributed by atoms with E-state index in [1.165, 1.54) is 0 Å². The quantitative estimate of drug-likeness (QED) is 0.308. The third kappa shape index (κ3) is 11.2. The van der Waals surface area contributed by atoms with Crippen LogP contribution in [0.2, 0.25) is 0 Å². The van der Waals surface area contributed by atoms with Crippen LogP contribution in [-0.2, 0) is 23.8 Å². The average molecular weight is 341 g/mol. The van der Waals surface area contributed by atoms with Gasteiger partial charge in [0.25, 0.3) is 0 Å². The van der Waals surface area contributed by atoms with Gasteiger partial charge < -0.3 is 14.2 Å². The molecule has 0 aromatic rings. The average Bonchev–Trinajstić information content (AvgIpc) is 2.61. The van der Waals surface area contributed by atoms with Crippen LogP contribution in [0.5, 0.6) is 0 Å². The van der Waals surface area contributed by atoms with Gasteiger partial charge in [-0.1, -0.05) is 19.8 Å². The van der Waals surface area contributed by atoms with Gasteiger partial charge in [-0.15, -0.1) is 0 Å². The monoisotopic (exact) mass is 341 g/mol. The molecule has 6 nitrogen and oxygen atoms in total. The number of unbranched alkanes of at least 4 members (excludes halogenated alkanes) is 4. The van der Waals surface area contributed by atoms with E-state index in [2.05, 4.69) is 11.8 Å². The molecule has 0 atom stereocenters. The Morgan fingerprint density at radius 2 is 1.50 bits per heavy atom. The van der Waals surface area contributed by atoms with Gasteiger partial charge in [-0.05, 0) is 32.2 Å². The van der Waals surface area contributed by atoms with Crippen molar-refractivity contribution in [3.8, 4) is 0 Å². The van der Waals surface area contributed by atoms with Crippen LogP contribution in [0.25, 0.3) is 0 Å². The second kappa shape index (κ2) is 14.0. The summed E-state index contributed by atoms with van der Waals surface area (Å²) in [7, 11) is 0.